The van der Waals surface area contributed by atoms with Gasteiger partial charge in [-0.15, -0.1) is 0 Å². The summed E-state index contributed by atoms with van der Waals surface area (Å²) >= 11 is 0. The van der Waals surface area contributed by atoms with Gasteiger partial charge >= 0.3 is 11.9 Å². The van der Waals surface area contributed by atoms with E-state index < -0.39 is 247 Å². The largest absolute Gasteiger partial charge is 0.493 e. The van der Waals surface area contributed by atoms with Crippen LogP contribution in [-0.4, -0.2) is 283 Å². The zero-order valence-electron chi connectivity index (χ0n) is 68.2. The summed E-state index contributed by atoms with van der Waals surface area (Å²) in [4.78, 5) is 226. The van der Waals surface area contributed by atoms with Gasteiger partial charge in [-0.05, 0) is 80.5 Å². The first-order valence-electron chi connectivity index (χ1n) is 38.6. The Hall–Kier alpha value is -12.0. The van der Waals surface area contributed by atoms with Gasteiger partial charge in [0.2, 0.25) is 82.7 Å². The predicted octanol–water partition coefficient (Wildman–Crippen LogP) is -8.29. The van der Waals surface area contributed by atoms with E-state index in [1.807, 2.05) is 0 Å². The molecule has 1 saturated heterocycles. The summed E-state index contributed by atoms with van der Waals surface area (Å²) in [5.74, 6) is -22.3. The molecule has 1 aliphatic rings. The fourth-order valence-corrected chi connectivity index (χ4v) is 13.7. The molecule has 0 aromatic heterocycles. The summed E-state index contributed by atoms with van der Waals surface area (Å²) in [5.41, 5.74) is 22.9. The number of carbonyl (C=O) groups is 16. The van der Waals surface area contributed by atoms with Crippen LogP contribution in [0.15, 0.2) is 48.5 Å². The SMILES string of the molecule is CC[C@H](C)C1NC(=O)[C@H](CCCNC(=N)N)NC(=O)CNC(=O)CNC(=O)[C@H](Cc2ccc(OC)c(OC)c2)NC(=O)[C@@H](C)NC(=O)[C@@H](NC(=O)[C@H](CO)NC(=O)[C@@H](N)CO)CSSCC(C(=O)N[C@@H](Cc2ccccc2)C(=O)N[C@@H](CCCNC(=N)N)C(=O)O)NC(=O)[C@H]([C@@H](C)CC)NC(=O)C(CCCNC(=N)N)NC(=O)[C@H](CC(=O)O)NC1=O. The molecular weight excluding hydrogens is 1630 g/mol. The molecule has 1 aliphatic heterocycles. The van der Waals surface area contributed by atoms with E-state index in [1.165, 1.54) is 53.2 Å². The summed E-state index contributed by atoms with van der Waals surface area (Å²) in [6, 6.07) is -9.66. The van der Waals surface area contributed by atoms with Crippen LogP contribution in [0.2, 0.25) is 0 Å². The number of hydrogen-bond donors (Lipinski definition) is 28. The lowest BCUT2D eigenvalue weighted by atomic mass is 9.96. The van der Waals surface area contributed by atoms with Crippen LogP contribution in [-0.2, 0) is 89.6 Å². The van der Waals surface area contributed by atoms with E-state index in [-0.39, 0.29) is 95.3 Å². The van der Waals surface area contributed by atoms with Crippen LogP contribution < -0.4 is 123 Å². The number of guanidine groups is 3. The van der Waals surface area contributed by atoms with Gasteiger partial charge in [0.25, 0.3) is 0 Å². The van der Waals surface area contributed by atoms with E-state index >= 15 is 9.59 Å². The molecule has 0 bridgehead atoms. The number of methoxy groups -OCH3 is 2. The monoisotopic (exact) mass is 1740 g/mol. The van der Waals surface area contributed by atoms with E-state index in [2.05, 4.69) is 90.4 Å². The number of carbonyl (C=O) groups excluding carboxylic acids is 14. The van der Waals surface area contributed by atoms with Crippen molar-refractivity contribution in [2.75, 3.05) is 71.7 Å². The fourth-order valence-electron chi connectivity index (χ4n) is 11.4. The second kappa shape index (κ2) is 54.2. The van der Waals surface area contributed by atoms with Crippen molar-refractivity contribution in [1.29, 1.82) is 16.2 Å². The first kappa shape index (κ1) is 103. The van der Waals surface area contributed by atoms with E-state index in [9.17, 15) is 87.5 Å². The number of aliphatic hydroxyl groups is 2. The number of nitrogens with two attached hydrogens (primary N) is 4. The average Bonchev–Trinajstić information content (AvgIpc) is 0.855. The van der Waals surface area contributed by atoms with E-state index in [1.54, 1.807) is 44.2 Å². The molecule has 0 spiro atoms. The van der Waals surface area contributed by atoms with Crippen LogP contribution in [0.5, 0.6) is 11.5 Å². The van der Waals surface area contributed by atoms with Crippen molar-refractivity contribution in [3.8, 4) is 11.5 Å². The van der Waals surface area contributed by atoms with E-state index in [0.29, 0.717) is 11.1 Å². The number of carboxylic acids is 2. The van der Waals surface area contributed by atoms with Crippen LogP contribution in [0.4, 0.5) is 0 Å². The first-order valence-corrected chi connectivity index (χ1v) is 41.1. The Balaban J connectivity index is 2.42. The third-order valence-corrected chi connectivity index (χ3v) is 21.1. The van der Waals surface area contributed by atoms with Crippen molar-refractivity contribution in [2.45, 2.75) is 184 Å². The molecule has 15 atom stereocenters. The average molecular weight is 1750 g/mol. The smallest absolute Gasteiger partial charge is 0.326 e. The Morgan fingerprint density at radius 2 is 1.06 bits per heavy atom. The van der Waals surface area contributed by atoms with Gasteiger partial charge in [0.15, 0.2) is 29.4 Å². The molecule has 14 amide bonds. The van der Waals surface area contributed by atoms with Gasteiger partial charge in [-0.2, -0.15) is 0 Å². The lowest BCUT2D eigenvalue weighted by Crippen LogP contribution is -2.62. The third-order valence-electron chi connectivity index (χ3n) is 18.7. The number of rotatable bonds is 35. The zero-order chi connectivity index (χ0) is 90.6. The highest BCUT2D eigenvalue weighted by Gasteiger charge is 2.39. The highest BCUT2D eigenvalue weighted by molar-refractivity contribution is 8.76. The van der Waals surface area contributed by atoms with Crippen LogP contribution >= 0.6 is 21.6 Å². The first-order chi connectivity index (χ1) is 57.3. The van der Waals surface area contributed by atoms with Crippen molar-refractivity contribution in [1.82, 2.24) is 90.4 Å². The number of benzene rings is 2. The molecule has 46 nitrogen and oxygen atoms in total. The van der Waals surface area contributed by atoms with E-state index in [4.69, 9.17) is 48.6 Å². The molecular formula is C73H116N24O22S2. The minimum absolute atomic E-state index is 0.0198. The predicted molar refractivity (Wildman–Crippen MR) is 442 cm³/mol. The number of hydrogen-bond acceptors (Lipinski definition) is 26. The zero-order valence-corrected chi connectivity index (χ0v) is 69.8. The summed E-state index contributed by atoms with van der Waals surface area (Å²) in [6.07, 6.45) is -2.34. The van der Waals surface area contributed by atoms with Gasteiger partial charge in [0.05, 0.1) is 46.9 Å². The molecule has 3 rings (SSSR count). The molecule has 2 aromatic carbocycles. The highest BCUT2D eigenvalue weighted by Crippen LogP contribution is 2.29. The Morgan fingerprint density at radius 1 is 0.537 bits per heavy atom. The summed E-state index contributed by atoms with van der Waals surface area (Å²) < 4.78 is 10.8. The van der Waals surface area contributed by atoms with Crippen molar-refractivity contribution in [3.63, 3.8) is 0 Å². The van der Waals surface area contributed by atoms with Gasteiger partial charge in [-0.1, -0.05) is 98.5 Å². The van der Waals surface area contributed by atoms with Crippen molar-refractivity contribution in [2.24, 2.45) is 34.8 Å². The highest BCUT2D eigenvalue weighted by atomic mass is 33.1. The molecule has 0 saturated carbocycles. The number of aliphatic carboxylic acids is 2. The van der Waals surface area contributed by atoms with Crippen LogP contribution in [0.25, 0.3) is 0 Å². The second-order valence-electron chi connectivity index (χ2n) is 28.1. The second-order valence-corrected chi connectivity index (χ2v) is 30.6. The maximum absolute atomic E-state index is 15.2. The Kier molecular flexibility index (Phi) is 46.2. The number of carboxylic acid groups (broad SMARTS) is 2. The number of nitrogens with one attached hydrogen (secondary N) is 20. The quantitative estimate of drug-likeness (QED) is 0.0132. The van der Waals surface area contributed by atoms with Crippen molar-refractivity contribution in [3.05, 3.63) is 59.7 Å². The number of aliphatic hydroxyl groups excluding tert-OH is 2. The Labute approximate surface area is 705 Å². The normalized spacial score (nSPS) is 21.5. The molecule has 672 valence electrons. The molecule has 121 heavy (non-hydrogen) atoms. The van der Waals surface area contributed by atoms with Crippen molar-refractivity contribution < 1.29 is 107 Å². The summed E-state index contributed by atoms with van der Waals surface area (Å²) in [5, 5.41) is 105. The standard InChI is InChI=1S/C73H116N24O22S2/c1-8-36(3)56-68(114)92-47(29-55(102)103)64(110)88-43(19-14-24-82-72(77)78)62(108)97-57(37(4)9-2)69(115)95-50(67(113)91-46(26-39-16-11-10-12-17-39)63(109)89-44(70(116)117)20-15-25-83-73(79)80)35-121-120-34-49(94-65(111)48(33-99)93-59(105)41(74)32-98)66(112)86-38(5)58(104)90-45(27-40-21-22-51(118-6)52(28-40)119-7)60(106)85-30-53(100)84-31-54(101)87-42(61(107)96-56)18-13-23-81-71(75)76/h10-12,16-17,21-22,28,36-38,41-50,56-57,98-99H,8-9,13-15,18-20,23-27,29-35,74H2,1-7H3,(H,84,100)(H,85,106)(H,86,112)(H,87,101)(H,88,110)(H,89,109)(H,90,104)(H,91,113)(H,92,114)(H,93,105)(H,94,111)(H,95,115)(H,96,107)(H,97,108)(H,102,103)(H,116,117)(H4,75,76,81)(H4,77,78,82)(H4,79,80,83)/t36-,37-,38+,41-,42-,43?,44-,45-,46-,47-,48-,49-,50?,56?,57-/m0/s1. The molecule has 1 heterocycles. The topological polar surface area (TPSA) is 753 Å². The van der Waals surface area contributed by atoms with Crippen LogP contribution in [0, 0.1) is 28.1 Å². The lowest BCUT2D eigenvalue weighted by Gasteiger charge is -2.30. The number of amides is 14. The van der Waals surface area contributed by atoms with Gasteiger partial charge in [-0.25, -0.2) is 4.79 Å². The molecule has 3 unspecified atom stereocenters. The van der Waals surface area contributed by atoms with Crippen LogP contribution in [0.1, 0.15) is 104 Å². The molecule has 1 fully saturated rings. The summed E-state index contributed by atoms with van der Waals surface area (Å²) in [7, 11) is 4.14. The maximum Gasteiger partial charge on any atom is 0.326 e. The maximum atomic E-state index is 15.2. The molecule has 48 heteroatoms. The molecule has 2 aromatic rings. The van der Waals surface area contributed by atoms with Gasteiger partial charge in [-0.3, -0.25) is 88.1 Å². The number of ether oxygens (including phenoxy) is 2. The molecule has 32 N–H and O–H groups in total. The van der Waals surface area contributed by atoms with E-state index in [0.717, 1.165) is 21.6 Å². The third kappa shape index (κ3) is 37.8. The Bertz CT molecular complexity index is 3910. The van der Waals surface area contributed by atoms with Gasteiger partial charge < -0.3 is 143 Å². The fraction of sp³-hybridized carbons (Fsp3) is 0.575. The minimum Gasteiger partial charge on any atom is -0.493 e. The minimum atomic E-state index is -2.04. The Morgan fingerprint density at radius 3 is 1.60 bits per heavy atom. The molecule has 0 aliphatic carbocycles. The van der Waals surface area contributed by atoms with Gasteiger partial charge in [0, 0.05) is 44.0 Å². The van der Waals surface area contributed by atoms with Crippen molar-refractivity contribution >= 4 is 134 Å². The van der Waals surface area contributed by atoms with Crippen LogP contribution in [0.3, 0.4) is 0 Å². The molecule has 0 radical (unpaired) electrons. The summed E-state index contributed by atoms with van der Waals surface area (Å²) in [6.45, 7) is 3.61. The van der Waals surface area contributed by atoms with Gasteiger partial charge in [0.1, 0.15) is 78.5 Å². The lowest BCUT2D eigenvalue weighted by molar-refractivity contribution is -0.142.